The van der Waals surface area contributed by atoms with Crippen molar-refractivity contribution in [2.75, 3.05) is 0 Å². The third kappa shape index (κ3) is 22.4. The SMILES string of the molecule is C/C=C/C(=O)CCC(N)=O.CC.CC. The van der Waals surface area contributed by atoms with Crippen molar-refractivity contribution in [2.45, 2.75) is 47.5 Å². The summed E-state index contributed by atoms with van der Waals surface area (Å²) in [7, 11) is 0. The van der Waals surface area contributed by atoms with Crippen LogP contribution in [0.4, 0.5) is 0 Å². The predicted molar refractivity (Wildman–Crippen MR) is 60.9 cm³/mol. The second kappa shape index (κ2) is 17.8. The lowest BCUT2D eigenvalue weighted by Crippen LogP contribution is -2.11. The molecule has 3 heteroatoms. The summed E-state index contributed by atoms with van der Waals surface area (Å²) in [4.78, 5) is 20.8. The Hall–Kier alpha value is -1.12. The molecule has 14 heavy (non-hydrogen) atoms. The van der Waals surface area contributed by atoms with E-state index in [1.165, 1.54) is 6.08 Å². The first-order valence-corrected chi connectivity index (χ1v) is 5.10. The van der Waals surface area contributed by atoms with Crippen molar-refractivity contribution in [2.24, 2.45) is 5.73 Å². The predicted octanol–water partition coefficient (Wildman–Crippen LogP) is 2.45. The molecule has 0 atom stereocenters. The number of carbonyl (C=O) groups is 2. The zero-order valence-electron chi connectivity index (χ0n) is 9.96. The Bertz CT molecular complexity index is 163. The average Bonchev–Trinajstić information content (AvgIpc) is 2.21. The molecule has 0 unspecified atom stereocenters. The highest BCUT2D eigenvalue weighted by molar-refractivity contribution is 5.92. The van der Waals surface area contributed by atoms with E-state index in [0.29, 0.717) is 0 Å². The van der Waals surface area contributed by atoms with Crippen molar-refractivity contribution >= 4 is 11.7 Å². The number of hydrogen-bond donors (Lipinski definition) is 1. The fourth-order valence-electron chi connectivity index (χ4n) is 0.516. The summed E-state index contributed by atoms with van der Waals surface area (Å²) in [5.74, 6) is -0.487. The Kier molecular flexibility index (Phi) is 23.7. The number of carbonyl (C=O) groups excluding carboxylic acids is 2. The molecule has 0 aliphatic carbocycles. The van der Waals surface area contributed by atoms with Gasteiger partial charge in [-0.05, 0) is 13.0 Å². The topological polar surface area (TPSA) is 60.2 Å². The molecule has 0 aliphatic rings. The Labute approximate surface area is 87.4 Å². The summed E-state index contributed by atoms with van der Waals surface area (Å²) in [6, 6.07) is 0. The van der Waals surface area contributed by atoms with Crippen LogP contribution in [0.15, 0.2) is 12.2 Å². The van der Waals surface area contributed by atoms with Gasteiger partial charge in [-0.25, -0.2) is 0 Å². The lowest BCUT2D eigenvalue weighted by Gasteiger charge is -1.89. The van der Waals surface area contributed by atoms with E-state index in [0.717, 1.165) is 0 Å². The van der Waals surface area contributed by atoms with Gasteiger partial charge in [-0.2, -0.15) is 0 Å². The second-order valence-corrected chi connectivity index (χ2v) is 1.93. The molecule has 0 saturated carbocycles. The molecule has 3 nitrogen and oxygen atoms in total. The van der Waals surface area contributed by atoms with Crippen LogP contribution in [-0.4, -0.2) is 11.7 Å². The number of amides is 1. The van der Waals surface area contributed by atoms with Crippen LogP contribution in [0.3, 0.4) is 0 Å². The zero-order valence-corrected chi connectivity index (χ0v) is 9.96. The van der Waals surface area contributed by atoms with Crippen LogP contribution in [0.5, 0.6) is 0 Å². The van der Waals surface area contributed by atoms with E-state index < -0.39 is 5.91 Å². The van der Waals surface area contributed by atoms with Crippen molar-refractivity contribution in [1.29, 1.82) is 0 Å². The highest BCUT2D eigenvalue weighted by atomic mass is 16.1. The van der Waals surface area contributed by atoms with Crippen LogP contribution in [0, 0.1) is 0 Å². The molecule has 0 aromatic heterocycles. The number of ketones is 1. The lowest BCUT2D eigenvalue weighted by atomic mass is 10.2. The molecule has 0 aromatic carbocycles. The number of allylic oxidation sites excluding steroid dienone is 2. The molecule has 84 valence electrons. The summed E-state index contributed by atoms with van der Waals surface area (Å²) in [5.41, 5.74) is 4.82. The van der Waals surface area contributed by atoms with Gasteiger partial charge in [0.1, 0.15) is 0 Å². The summed E-state index contributed by atoms with van der Waals surface area (Å²) in [6.45, 7) is 9.75. The number of rotatable bonds is 4. The van der Waals surface area contributed by atoms with Crippen LogP contribution in [0.2, 0.25) is 0 Å². The molecular weight excluding hydrogens is 178 g/mol. The Morgan fingerprint density at radius 1 is 1.07 bits per heavy atom. The van der Waals surface area contributed by atoms with Gasteiger partial charge in [0.05, 0.1) is 0 Å². The van der Waals surface area contributed by atoms with Crippen LogP contribution >= 0.6 is 0 Å². The minimum atomic E-state index is -0.433. The Morgan fingerprint density at radius 3 is 1.79 bits per heavy atom. The maximum atomic E-state index is 10.7. The minimum absolute atomic E-state index is 0.0544. The minimum Gasteiger partial charge on any atom is -0.370 e. The van der Waals surface area contributed by atoms with Crippen LogP contribution < -0.4 is 5.73 Å². The van der Waals surface area contributed by atoms with Crippen molar-refractivity contribution in [3.05, 3.63) is 12.2 Å². The third-order valence-electron chi connectivity index (χ3n) is 0.970. The molecule has 0 heterocycles. The molecule has 0 spiro atoms. The van der Waals surface area contributed by atoms with Crippen LogP contribution in [-0.2, 0) is 9.59 Å². The third-order valence-corrected chi connectivity index (χ3v) is 0.970. The van der Waals surface area contributed by atoms with Gasteiger partial charge in [-0.15, -0.1) is 0 Å². The van der Waals surface area contributed by atoms with Crippen molar-refractivity contribution in [1.82, 2.24) is 0 Å². The second-order valence-electron chi connectivity index (χ2n) is 1.93. The monoisotopic (exact) mass is 201 g/mol. The summed E-state index contributed by atoms with van der Waals surface area (Å²) < 4.78 is 0. The van der Waals surface area contributed by atoms with Gasteiger partial charge in [0.25, 0.3) is 0 Å². The highest BCUT2D eigenvalue weighted by Gasteiger charge is 1.98. The first kappa shape index (κ1) is 18.6. The van der Waals surface area contributed by atoms with E-state index in [1.54, 1.807) is 13.0 Å². The standard InChI is InChI=1S/C7H11NO2.2C2H6/c1-2-3-6(9)4-5-7(8)10;2*1-2/h2-3H,4-5H2,1H3,(H2,8,10);2*1-2H3/b3-2+;;. The van der Waals surface area contributed by atoms with E-state index in [-0.39, 0.29) is 18.6 Å². The van der Waals surface area contributed by atoms with E-state index in [9.17, 15) is 9.59 Å². The molecule has 0 bridgehead atoms. The summed E-state index contributed by atoms with van der Waals surface area (Å²) in [5, 5.41) is 0. The molecule has 0 rings (SSSR count). The summed E-state index contributed by atoms with van der Waals surface area (Å²) >= 11 is 0. The van der Waals surface area contributed by atoms with Crippen LogP contribution in [0.25, 0.3) is 0 Å². The highest BCUT2D eigenvalue weighted by Crippen LogP contribution is 1.90. The molecule has 0 aromatic rings. The molecule has 0 radical (unpaired) electrons. The van der Waals surface area contributed by atoms with Crippen molar-refractivity contribution in [3.63, 3.8) is 0 Å². The smallest absolute Gasteiger partial charge is 0.217 e. The van der Waals surface area contributed by atoms with E-state index in [4.69, 9.17) is 5.73 Å². The first-order chi connectivity index (χ1) is 6.66. The fraction of sp³-hybridized carbons (Fsp3) is 0.636. The molecule has 1 amide bonds. The molecular formula is C11H23NO2. The Balaban J connectivity index is -0.000000266. The van der Waals surface area contributed by atoms with Crippen molar-refractivity contribution < 1.29 is 9.59 Å². The maximum Gasteiger partial charge on any atom is 0.217 e. The molecule has 2 N–H and O–H groups in total. The fourth-order valence-corrected chi connectivity index (χ4v) is 0.516. The summed E-state index contributed by atoms with van der Waals surface area (Å²) in [6.07, 6.45) is 3.44. The number of nitrogens with two attached hydrogens (primary N) is 1. The van der Waals surface area contributed by atoms with E-state index >= 15 is 0 Å². The molecule has 0 aliphatic heterocycles. The van der Waals surface area contributed by atoms with Gasteiger partial charge in [0.2, 0.25) is 5.91 Å². The average molecular weight is 201 g/mol. The van der Waals surface area contributed by atoms with Gasteiger partial charge in [-0.3, -0.25) is 9.59 Å². The lowest BCUT2D eigenvalue weighted by molar-refractivity contribution is -0.121. The maximum absolute atomic E-state index is 10.7. The van der Waals surface area contributed by atoms with E-state index in [2.05, 4.69) is 0 Å². The number of hydrogen-bond acceptors (Lipinski definition) is 2. The molecule has 0 fully saturated rings. The molecule has 0 saturated heterocycles. The number of primary amides is 1. The first-order valence-electron chi connectivity index (χ1n) is 5.10. The van der Waals surface area contributed by atoms with Gasteiger partial charge in [0, 0.05) is 12.8 Å². The zero-order chi connectivity index (χ0) is 12.0. The Morgan fingerprint density at radius 2 is 1.50 bits per heavy atom. The normalized spacial score (nSPS) is 8.07. The van der Waals surface area contributed by atoms with Crippen molar-refractivity contribution in [3.8, 4) is 0 Å². The van der Waals surface area contributed by atoms with E-state index in [1.807, 2.05) is 27.7 Å². The van der Waals surface area contributed by atoms with Crippen LogP contribution in [0.1, 0.15) is 47.5 Å². The van der Waals surface area contributed by atoms with Gasteiger partial charge >= 0.3 is 0 Å². The van der Waals surface area contributed by atoms with Gasteiger partial charge in [-0.1, -0.05) is 33.8 Å². The van der Waals surface area contributed by atoms with Gasteiger partial charge in [0.15, 0.2) is 5.78 Å². The quantitative estimate of drug-likeness (QED) is 0.710. The largest absolute Gasteiger partial charge is 0.370 e. The van der Waals surface area contributed by atoms with Gasteiger partial charge < -0.3 is 5.73 Å².